The van der Waals surface area contributed by atoms with Gasteiger partial charge in [0.2, 0.25) is 5.91 Å². The molecule has 1 atom stereocenters. The lowest BCUT2D eigenvalue weighted by molar-refractivity contribution is -0.115. The van der Waals surface area contributed by atoms with Crippen LogP contribution >= 0.6 is 34.9 Å². The van der Waals surface area contributed by atoms with Crippen molar-refractivity contribution in [2.75, 3.05) is 11.6 Å². The number of aromatic nitrogens is 2. The zero-order valence-corrected chi connectivity index (χ0v) is 17.8. The van der Waals surface area contributed by atoms with Crippen molar-refractivity contribution in [3.63, 3.8) is 0 Å². The van der Waals surface area contributed by atoms with Crippen molar-refractivity contribution in [2.45, 2.75) is 47.8 Å². The molecule has 140 valence electrons. The maximum absolute atomic E-state index is 12.8. The summed E-state index contributed by atoms with van der Waals surface area (Å²) in [4.78, 5) is 25.3. The molecule has 1 amide bonds. The van der Waals surface area contributed by atoms with Gasteiger partial charge in [0.25, 0.3) is 0 Å². The molecule has 0 aliphatic heterocycles. The maximum atomic E-state index is 12.8. The molecule has 2 heterocycles. The molecule has 0 fully saturated rings. The fourth-order valence-electron chi connectivity index (χ4n) is 3.35. The molecule has 27 heavy (non-hydrogen) atoms. The van der Waals surface area contributed by atoms with Gasteiger partial charge < -0.3 is 5.32 Å². The van der Waals surface area contributed by atoms with E-state index in [4.69, 9.17) is 0 Å². The summed E-state index contributed by atoms with van der Waals surface area (Å²) in [6.45, 7) is 1.94. The van der Waals surface area contributed by atoms with Crippen molar-refractivity contribution in [3.05, 3.63) is 41.0 Å². The van der Waals surface area contributed by atoms with Crippen molar-refractivity contribution < 1.29 is 4.79 Å². The molecule has 0 saturated heterocycles. The van der Waals surface area contributed by atoms with Gasteiger partial charge in [-0.2, -0.15) is 0 Å². The predicted molar refractivity (Wildman–Crippen MR) is 116 cm³/mol. The highest BCUT2D eigenvalue weighted by Crippen LogP contribution is 2.40. The van der Waals surface area contributed by atoms with Crippen LogP contribution in [-0.2, 0) is 17.6 Å². The SMILES string of the molecule is CSc1ccccc1NC(=O)C(C)Sc1ncnc2sc3c(c12)CCCC3. The van der Waals surface area contributed by atoms with Crippen molar-refractivity contribution in [2.24, 2.45) is 0 Å². The molecule has 4 nitrogen and oxygen atoms in total. The fraction of sp³-hybridized carbons (Fsp3) is 0.350. The first kappa shape index (κ1) is 18.8. The quantitative estimate of drug-likeness (QED) is 0.446. The minimum Gasteiger partial charge on any atom is -0.324 e. The number of carbonyl (C=O) groups is 1. The van der Waals surface area contributed by atoms with E-state index in [1.54, 1.807) is 29.4 Å². The van der Waals surface area contributed by atoms with Gasteiger partial charge in [0.05, 0.1) is 10.9 Å². The average Bonchev–Trinajstić information content (AvgIpc) is 3.08. The van der Waals surface area contributed by atoms with Gasteiger partial charge in [0.15, 0.2) is 0 Å². The van der Waals surface area contributed by atoms with Crippen LogP contribution in [0.15, 0.2) is 40.5 Å². The molecule has 3 aromatic rings. The number of para-hydroxylation sites is 1. The zero-order valence-electron chi connectivity index (χ0n) is 15.3. The van der Waals surface area contributed by atoms with Crippen LogP contribution in [0.4, 0.5) is 5.69 Å². The summed E-state index contributed by atoms with van der Waals surface area (Å²) in [5.41, 5.74) is 2.27. The van der Waals surface area contributed by atoms with Gasteiger partial charge >= 0.3 is 0 Å². The molecule has 2 aromatic heterocycles. The van der Waals surface area contributed by atoms with Crippen LogP contribution in [0.25, 0.3) is 10.2 Å². The van der Waals surface area contributed by atoms with Gasteiger partial charge in [-0.1, -0.05) is 23.9 Å². The monoisotopic (exact) mass is 415 g/mol. The highest BCUT2D eigenvalue weighted by molar-refractivity contribution is 8.00. The van der Waals surface area contributed by atoms with E-state index >= 15 is 0 Å². The normalized spacial score (nSPS) is 14.7. The highest BCUT2D eigenvalue weighted by Gasteiger charge is 2.23. The Kier molecular flexibility index (Phi) is 5.71. The maximum Gasteiger partial charge on any atom is 0.237 e. The Morgan fingerprint density at radius 3 is 2.89 bits per heavy atom. The summed E-state index contributed by atoms with van der Waals surface area (Å²) in [6, 6.07) is 7.89. The molecule has 1 aromatic carbocycles. The first-order valence-corrected chi connectivity index (χ1v) is 11.9. The van der Waals surface area contributed by atoms with Crippen LogP contribution in [0.3, 0.4) is 0 Å². The van der Waals surface area contributed by atoms with Crippen molar-refractivity contribution in [1.82, 2.24) is 9.97 Å². The van der Waals surface area contributed by atoms with Crippen LogP contribution in [0.5, 0.6) is 0 Å². The highest BCUT2D eigenvalue weighted by atomic mass is 32.2. The Bertz CT molecular complexity index is 986. The number of amides is 1. The number of rotatable bonds is 5. The van der Waals surface area contributed by atoms with E-state index in [9.17, 15) is 4.79 Å². The number of nitrogens with zero attached hydrogens (tertiary/aromatic N) is 2. The predicted octanol–water partition coefficient (Wildman–Crippen LogP) is 5.41. The zero-order chi connectivity index (χ0) is 18.8. The van der Waals surface area contributed by atoms with Gasteiger partial charge in [-0.3, -0.25) is 4.79 Å². The number of aryl methyl sites for hydroxylation is 2. The molecular formula is C20H21N3OS3. The number of benzene rings is 1. The van der Waals surface area contributed by atoms with E-state index in [1.807, 2.05) is 37.4 Å². The molecule has 1 N–H and O–H groups in total. The number of thiophene rings is 1. The molecule has 1 aliphatic rings. The van der Waals surface area contributed by atoms with E-state index < -0.39 is 0 Å². The summed E-state index contributed by atoms with van der Waals surface area (Å²) in [5, 5.41) is 4.93. The van der Waals surface area contributed by atoms with Crippen LogP contribution in [0, 0.1) is 0 Å². The summed E-state index contributed by atoms with van der Waals surface area (Å²) < 4.78 is 0. The molecule has 7 heteroatoms. The Morgan fingerprint density at radius 2 is 2.04 bits per heavy atom. The molecule has 0 bridgehead atoms. The second-order valence-electron chi connectivity index (χ2n) is 6.52. The first-order chi connectivity index (χ1) is 13.2. The third-order valence-electron chi connectivity index (χ3n) is 4.74. The number of anilines is 1. The van der Waals surface area contributed by atoms with Crippen LogP contribution in [-0.4, -0.2) is 27.4 Å². The number of nitrogens with one attached hydrogen (secondary N) is 1. The molecular weight excluding hydrogens is 394 g/mol. The van der Waals surface area contributed by atoms with Crippen LogP contribution in [0.1, 0.15) is 30.2 Å². The minimum atomic E-state index is -0.239. The molecule has 0 radical (unpaired) electrons. The molecule has 0 spiro atoms. The third-order valence-corrected chi connectivity index (χ3v) is 7.84. The molecule has 1 aliphatic carbocycles. The summed E-state index contributed by atoms with van der Waals surface area (Å²) >= 11 is 4.95. The lowest BCUT2D eigenvalue weighted by atomic mass is 9.97. The number of fused-ring (bicyclic) bond motifs is 3. The lowest BCUT2D eigenvalue weighted by Gasteiger charge is -2.15. The van der Waals surface area contributed by atoms with Gasteiger partial charge in [-0.15, -0.1) is 23.1 Å². The van der Waals surface area contributed by atoms with E-state index in [-0.39, 0.29) is 11.2 Å². The largest absolute Gasteiger partial charge is 0.324 e. The van der Waals surface area contributed by atoms with Crippen molar-refractivity contribution in [1.29, 1.82) is 0 Å². The average molecular weight is 416 g/mol. The third kappa shape index (κ3) is 3.86. The number of carbonyl (C=O) groups excluding carboxylic acids is 1. The number of hydrogen-bond acceptors (Lipinski definition) is 6. The second kappa shape index (κ2) is 8.20. The summed E-state index contributed by atoms with van der Waals surface area (Å²) in [7, 11) is 0. The minimum absolute atomic E-state index is 0.00244. The molecule has 1 unspecified atom stereocenters. The standard InChI is InChI=1S/C20H21N3OS3/c1-12(18(24)23-14-8-4-6-10-16(14)25-2)26-19-17-13-7-3-5-9-15(13)27-20(17)22-11-21-19/h4,6,8,10-12H,3,5,7,9H2,1-2H3,(H,23,24). The lowest BCUT2D eigenvalue weighted by Crippen LogP contribution is -2.22. The fourth-order valence-corrected chi connectivity index (χ4v) is 6.15. The number of thioether (sulfide) groups is 2. The van der Waals surface area contributed by atoms with E-state index in [2.05, 4.69) is 15.3 Å². The first-order valence-electron chi connectivity index (χ1n) is 9.03. The number of hydrogen-bond donors (Lipinski definition) is 1. The Balaban J connectivity index is 1.57. The Morgan fingerprint density at radius 1 is 1.22 bits per heavy atom. The van der Waals surface area contributed by atoms with Crippen molar-refractivity contribution in [3.8, 4) is 0 Å². The van der Waals surface area contributed by atoms with Crippen LogP contribution < -0.4 is 5.32 Å². The second-order valence-corrected chi connectivity index (χ2v) is 9.78. The van der Waals surface area contributed by atoms with Crippen molar-refractivity contribution >= 4 is 56.7 Å². The van der Waals surface area contributed by atoms with Gasteiger partial charge in [-0.25, -0.2) is 9.97 Å². The smallest absolute Gasteiger partial charge is 0.237 e. The van der Waals surface area contributed by atoms with Crippen LogP contribution in [0.2, 0.25) is 0 Å². The van der Waals surface area contributed by atoms with E-state index in [1.165, 1.54) is 40.4 Å². The topological polar surface area (TPSA) is 54.9 Å². The summed E-state index contributed by atoms with van der Waals surface area (Å²) in [6.07, 6.45) is 8.35. The molecule has 0 saturated carbocycles. The summed E-state index contributed by atoms with van der Waals surface area (Å²) in [5.74, 6) is -0.00244. The van der Waals surface area contributed by atoms with Gasteiger partial charge in [0, 0.05) is 15.2 Å². The van der Waals surface area contributed by atoms with Gasteiger partial charge in [-0.05, 0) is 56.6 Å². The Labute approximate surface area is 171 Å². The van der Waals surface area contributed by atoms with E-state index in [0.717, 1.165) is 33.3 Å². The van der Waals surface area contributed by atoms with E-state index in [0.29, 0.717) is 0 Å². The van der Waals surface area contributed by atoms with Gasteiger partial charge in [0.1, 0.15) is 16.2 Å². The molecule has 4 rings (SSSR count). The Hall–Kier alpha value is -1.57.